The summed E-state index contributed by atoms with van der Waals surface area (Å²) in [6.07, 6.45) is 0.744. The molecule has 1 heterocycles. The summed E-state index contributed by atoms with van der Waals surface area (Å²) in [5.41, 5.74) is 2.34. The van der Waals surface area contributed by atoms with Crippen LogP contribution in [0.4, 0.5) is 4.79 Å². The number of ether oxygens (including phenoxy) is 1. The van der Waals surface area contributed by atoms with Crippen LogP contribution in [-0.4, -0.2) is 43.1 Å². The quantitative estimate of drug-likeness (QED) is 0.783. The van der Waals surface area contributed by atoms with Crippen LogP contribution in [0.1, 0.15) is 38.3 Å². The molecule has 0 aliphatic carbocycles. The van der Waals surface area contributed by atoms with Gasteiger partial charge >= 0.3 is 6.09 Å². The number of nitrogens with zero attached hydrogens (tertiary/aromatic N) is 1. The van der Waals surface area contributed by atoms with Gasteiger partial charge in [-0.2, -0.15) is 0 Å². The summed E-state index contributed by atoms with van der Waals surface area (Å²) in [6.45, 7) is 10.3. The van der Waals surface area contributed by atoms with E-state index in [1.807, 2.05) is 12.1 Å². The van der Waals surface area contributed by atoms with Crippen molar-refractivity contribution in [3.8, 4) is 0 Å². The van der Waals surface area contributed by atoms with Gasteiger partial charge in [0.15, 0.2) is 0 Å². The van der Waals surface area contributed by atoms with Gasteiger partial charge < -0.3 is 15.4 Å². The average Bonchev–Trinajstić information content (AvgIpc) is 2.59. The van der Waals surface area contributed by atoms with Gasteiger partial charge in [0.05, 0.1) is 6.61 Å². The summed E-state index contributed by atoms with van der Waals surface area (Å²) in [4.78, 5) is 25.4. The summed E-state index contributed by atoms with van der Waals surface area (Å²) in [5.74, 6) is 1.28. The normalized spacial score (nSPS) is 20.4. The van der Waals surface area contributed by atoms with E-state index in [0.717, 1.165) is 37.0 Å². The summed E-state index contributed by atoms with van der Waals surface area (Å²) in [5, 5.41) is 5.19. The van der Waals surface area contributed by atoms with Gasteiger partial charge in [-0.15, -0.1) is 0 Å². The maximum atomic E-state index is 11.7. The van der Waals surface area contributed by atoms with Crippen LogP contribution in [0.25, 0.3) is 0 Å². The Bertz CT molecular complexity index is 578. The minimum Gasteiger partial charge on any atom is -0.450 e. The lowest BCUT2D eigenvalue weighted by atomic mass is 9.91. The standard InChI is InChI=1S/C20H31N3O3/c1-4-26-20(25)22-11-19(24)21-10-17-5-7-18(8-6-17)14-23-12-15(2)9-16(3)13-23/h5-8,15-16H,4,9-14H2,1-3H3,(H,21,24)(H,22,25)/t15-,16-/m0/s1. The van der Waals surface area contributed by atoms with E-state index in [9.17, 15) is 9.59 Å². The Labute approximate surface area is 156 Å². The molecule has 1 aliphatic rings. The fourth-order valence-electron chi connectivity index (χ4n) is 3.54. The maximum Gasteiger partial charge on any atom is 0.407 e. The van der Waals surface area contributed by atoms with Gasteiger partial charge in [-0.3, -0.25) is 9.69 Å². The van der Waals surface area contributed by atoms with Crippen molar-refractivity contribution in [2.24, 2.45) is 11.8 Å². The van der Waals surface area contributed by atoms with Crippen molar-refractivity contribution < 1.29 is 14.3 Å². The molecule has 144 valence electrons. The molecule has 6 heteroatoms. The monoisotopic (exact) mass is 361 g/mol. The predicted octanol–water partition coefficient (Wildman–Crippen LogP) is 2.53. The zero-order chi connectivity index (χ0) is 18.9. The summed E-state index contributed by atoms with van der Waals surface area (Å²) < 4.78 is 4.71. The average molecular weight is 361 g/mol. The number of amides is 2. The second-order valence-electron chi connectivity index (χ2n) is 7.31. The van der Waals surface area contributed by atoms with Gasteiger partial charge in [0.1, 0.15) is 6.54 Å². The Morgan fingerprint density at radius 2 is 1.69 bits per heavy atom. The first-order valence-electron chi connectivity index (χ1n) is 9.43. The number of carbonyl (C=O) groups is 2. The van der Waals surface area contributed by atoms with E-state index in [4.69, 9.17) is 4.74 Å². The highest BCUT2D eigenvalue weighted by Crippen LogP contribution is 2.22. The Morgan fingerprint density at radius 1 is 1.08 bits per heavy atom. The van der Waals surface area contributed by atoms with Crippen LogP contribution >= 0.6 is 0 Å². The van der Waals surface area contributed by atoms with Crippen LogP contribution in [0.3, 0.4) is 0 Å². The number of nitrogens with one attached hydrogen (secondary N) is 2. The van der Waals surface area contributed by atoms with Crippen LogP contribution in [-0.2, 0) is 22.6 Å². The van der Waals surface area contributed by atoms with Crippen molar-refractivity contribution in [2.75, 3.05) is 26.2 Å². The Kier molecular flexibility index (Phi) is 7.91. The van der Waals surface area contributed by atoms with Crippen molar-refractivity contribution in [1.29, 1.82) is 0 Å². The third-order valence-corrected chi connectivity index (χ3v) is 4.53. The number of piperidine rings is 1. The van der Waals surface area contributed by atoms with E-state index in [1.165, 1.54) is 12.0 Å². The van der Waals surface area contributed by atoms with Crippen molar-refractivity contribution in [3.05, 3.63) is 35.4 Å². The van der Waals surface area contributed by atoms with Crippen LogP contribution in [0.5, 0.6) is 0 Å². The molecule has 0 bridgehead atoms. The van der Waals surface area contributed by atoms with Gasteiger partial charge in [0, 0.05) is 26.2 Å². The number of hydrogen-bond acceptors (Lipinski definition) is 4. The molecule has 6 nitrogen and oxygen atoms in total. The van der Waals surface area contributed by atoms with Crippen LogP contribution < -0.4 is 10.6 Å². The number of hydrogen-bond donors (Lipinski definition) is 2. The van der Waals surface area contributed by atoms with E-state index in [1.54, 1.807) is 6.92 Å². The van der Waals surface area contributed by atoms with Crippen LogP contribution in [0, 0.1) is 11.8 Å². The molecule has 1 fully saturated rings. The Morgan fingerprint density at radius 3 is 2.31 bits per heavy atom. The number of carbonyl (C=O) groups excluding carboxylic acids is 2. The molecule has 1 saturated heterocycles. The van der Waals surface area contributed by atoms with Gasteiger partial charge in [-0.25, -0.2) is 4.79 Å². The number of rotatable bonds is 7. The minimum absolute atomic E-state index is 0.0811. The van der Waals surface area contributed by atoms with Crippen molar-refractivity contribution in [3.63, 3.8) is 0 Å². The number of benzene rings is 1. The molecular formula is C20H31N3O3. The lowest BCUT2D eigenvalue weighted by Gasteiger charge is -2.35. The van der Waals surface area contributed by atoms with Crippen molar-refractivity contribution >= 4 is 12.0 Å². The lowest BCUT2D eigenvalue weighted by Crippen LogP contribution is -2.38. The van der Waals surface area contributed by atoms with Gasteiger partial charge in [0.25, 0.3) is 0 Å². The van der Waals surface area contributed by atoms with E-state index >= 15 is 0 Å². The zero-order valence-corrected chi connectivity index (χ0v) is 16.1. The lowest BCUT2D eigenvalue weighted by molar-refractivity contribution is -0.120. The highest BCUT2D eigenvalue weighted by molar-refractivity contribution is 5.82. The van der Waals surface area contributed by atoms with Gasteiger partial charge in [-0.05, 0) is 36.3 Å². The first kappa shape index (κ1) is 20.2. The highest BCUT2D eigenvalue weighted by Gasteiger charge is 2.21. The molecule has 0 aromatic heterocycles. The third-order valence-electron chi connectivity index (χ3n) is 4.53. The molecule has 1 aliphatic heterocycles. The second kappa shape index (κ2) is 10.2. The summed E-state index contributed by atoms with van der Waals surface area (Å²) in [6, 6.07) is 8.35. The van der Waals surface area contributed by atoms with Crippen molar-refractivity contribution in [2.45, 2.75) is 40.3 Å². The zero-order valence-electron chi connectivity index (χ0n) is 16.1. The van der Waals surface area contributed by atoms with Crippen LogP contribution in [0.2, 0.25) is 0 Å². The van der Waals surface area contributed by atoms with E-state index in [2.05, 4.69) is 41.5 Å². The predicted molar refractivity (Wildman–Crippen MR) is 102 cm³/mol. The van der Waals surface area contributed by atoms with Crippen LogP contribution in [0.15, 0.2) is 24.3 Å². The molecule has 1 aromatic rings. The van der Waals surface area contributed by atoms with Crippen molar-refractivity contribution in [1.82, 2.24) is 15.5 Å². The highest BCUT2D eigenvalue weighted by atomic mass is 16.5. The summed E-state index contributed by atoms with van der Waals surface area (Å²) >= 11 is 0. The Hall–Kier alpha value is -2.08. The fraction of sp³-hybridized carbons (Fsp3) is 0.600. The first-order chi connectivity index (χ1) is 12.5. The van der Waals surface area contributed by atoms with E-state index in [0.29, 0.717) is 6.54 Å². The number of alkyl carbamates (subject to hydrolysis) is 1. The first-order valence-corrected chi connectivity index (χ1v) is 9.43. The number of likely N-dealkylation sites (tertiary alicyclic amines) is 1. The molecule has 2 amide bonds. The van der Waals surface area contributed by atoms with Gasteiger partial charge in [0.2, 0.25) is 5.91 Å². The van der Waals surface area contributed by atoms with E-state index in [-0.39, 0.29) is 19.1 Å². The molecular weight excluding hydrogens is 330 g/mol. The Balaban J connectivity index is 1.73. The fourth-order valence-corrected chi connectivity index (χ4v) is 3.54. The molecule has 2 N–H and O–H groups in total. The molecule has 26 heavy (non-hydrogen) atoms. The molecule has 2 rings (SSSR count). The summed E-state index contributed by atoms with van der Waals surface area (Å²) in [7, 11) is 0. The molecule has 0 saturated carbocycles. The van der Waals surface area contributed by atoms with E-state index < -0.39 is 6.09 Å². The second-order valence-corrected chi connectivity index (χ2v) is 7.31. The minimum atomic E-state index is -0.576. The SMILES string of the molecule is CCOC(=O)NCC(=O)NCc1ccc(CN2C[C@@H](C)C[C@H](C)C2)cc1. The third kappa shape index (κ3) is 7.04. The van der Waals surface area contributed by atoms with Gasteiger partial charge in [-0.1, -0.05) is 38.1 Å². The molecule has 0 unspecified atom stereocenters. The smallest absolute Gasteiger partial charge is 0.407 e. The molecule has 1 aromatic carbocycles. The largest absolute Gasteiger partial charge is 0.450 e. The maximum absolute atomic E-state index is 11.7. The molecule has 0 radical (unpaired) electrons. The topological polar surface area (TPSA) is 70.7 Å². The molecule has 2 atom stereocenters. The molecule has 0 spiro atoms.